The van der Waals surface area contributed by atoms with Crippen LogP contribution in [0.15, 0.2) is 71.6 Å². The van der Waals surface area contributed by atoms with Gasteiger partial charge >= 0.3 is 0 Å². The third-order valence-electron chi connectivity index (χ3n) is 5.34. The van der Waals surface area contributed by atoms with E-state index < -0.39 is 15.4 Å². The van der Waals surface area contributed by atoms with Gasteiger partial charge in [-0.05, 0) is 67.8 Å². The van der Waals surface area contributed by atoms with E-state index in [0.717, 1.165) is 38.7 Å². The van der Waals surface area contributed by atoms with Crippen LogP contribution < -0.4 is 0 Å². The van der Waals surface area contributed by atoms with Gasteiger partial charge in [-0.25, -0.2) is 13.1 Å². The Morgan fingerprint density at radius 1 is 1.00 bits per heavy atom. The summed E-state index contributed by atoms with van der Waals surface area (Å²) in [6, 6.07) is 21.0. The lowest BCUT2D eigenvalue weighted by atomic mass is 10.1. The molecule has 1 N–H and O–H groups in total. The Labute approximate surface area is 192 Å². The molecule has 0 saturated heterocycles. The summed E-state index contributed by atoms with van der Waals surface area (Å²) in [5.74, 6) is 0. The van der Waals surface area contributed by atoms with Gasteiger partial charge in [-0.2, -0.15) is 5.10 Å². The number of benzene rings is 2. The minimum absolute atomic E-state index is 0.302. The second kappa shape index (κ2) is 8.31. The van der Waals surface area contributed by atoms with Gasteiger partial charge in [0.15, 0.2) is 9.84 Å². The number of rotatable bonds is 6. The first-order chi connectivity index (χ1) is 15.1. The molecule has 0 saturated carbocycles. The van der Waals surface area contributed by atoms with Crippen LogP contribution in [0.2, 0.25) is 0 Å². The minimum Gasteiger partial charge on any atom is -0.384 e. The summed E-state index contributed by atoms with van der Waals surface area (Å²) in [6.45, 7) is 5.56. The smallest absolute Gasteiger partial charge is 0.175 e. The van der Waals surface area contributed by atoms with Crippen LogP contribution in [0, 0.1) is 0 Å². The lowest BCUT2D eigenvalue weighted by molar-refractivity contribution is 0.0734. The number of hydrogen-bond donors (Lipinski definition) is 1. The van der Waals surface area contributed by atoms with E-state index in [9.17, 15) is 13.5 Å². The molecule has 0 amide bonds. The lowest BCUT2D eigenvalue weighted by Crippen LogP contribution is -2.16. The number of thiophene rings is 1. The highest BCUT2D eigenvalue weighted by molar-refractivity contribution is 7.90. The van der Waals surface area contributed by atoms with Crippen molar-refractivity contribution in [2.45, 2.75) is 37.7 Å². The van der Waals surface area contributed by atoms with Crippen LogP contribution in [-0.4, -0.2) is 29.6 Å². The van der Waals surface area contributed by atoms with E-state index in [1.54, 1.807) is 43.4 Å². The fraction of sp³-hybridized carbons (Fsp3) is 0.240. The summed E-state index contributed by atoms with van der Waals surface area (Å²) in [5, 5.41) is 15.4. The summed E-state index contributed by atoms with van der Waals surface area (Å²) in [4.78, 5) is 2.25. The Morgan fingerprint density at radius 2 is 1.72 bits per heavy atom. The van der Waals surface area contributed by atoms with Crippen LogP contribution in [0.1, 0.15) is 32.0 Å². The number of aryl methyl sites for hydroxylation is 1. The molecule has 0 aliphatic heterocycles. The average molecular weight is 467 g/mol. The summed E-state index contributed by atoms with van der Waals surface area (Å²) in [5.41, 5.74) is 3.40. The van der Waals surface area contributed by atoms with Gasteiger partial charge in [0.25, 0.3) is 0 Å². The molecule has 7 heteroatoms. The van der Waals surface area contributed by atoms with E-state index >= 15 is 0 Å². The van der Waals surface area contributed by atoms with Crippen molar-refractivity contribution in [2.75, 3.05) is 6.26 Å². The van der Waals surface area contributed by atoms with Crippen LogP contribution in [0.3, 0.4) is 0 Å². The summed E-state index contributed by atoms with van der Waals surface area (Å²) < 4.78 is 25.8. The Morgan fingerprint density at radius 3 is 2.41 bits per heavy atom. The molecule has 0 bridgehead atoms. The molecule has 4 aromatic rings. The first-order valence-corrected chi connectivity index (χ1v) is 13.1. The van der Waals surface area contributed by atoms with E-state index in [4.69, 9.17) is 5.10 Å². The molecule has 0 aliphatic rings. The molecule has 32 heavy (non-hydrogen) atoms. The maximum Gasteiger partial charge on any atom is 0.175 e. The highest BCUT2D eigenvalue weighted by Gasteiger charge is 2.24. The van der Waals surface area contributed by atoms with Crippen LogP contribution in [-0.2, 0) is 21.9 Å². The number of sulfone groups is 1. The van der Waals surface area contributed by atoms with Crippen molar-refractivity contribution >= 4 is 21.2 Å². The lowest BCUT2D eigenvalue weighted by Gasteiger charge is -2.14. The fourth-order valence-electron chi connectivity index (χ4n) is 3.57. The van der Waals surface area contributed by atoms with E-state index in [2.05, 4.69) is 13.0 Å². The third-order valence-corrected chi connectivity index (χ3v) is 7.61. The van der Waals surface area contributed by atoms with E-state index in [0.29, 0.717) is 10.6 Å². The molecule has 166 valence electrons. The molecule has 0 aliphatic carbocycles. The first-order valence-electron chi connectivity index (χ1n) is 10.4. The largest absolute Gasteiger partial charge is 0.384 e. The molecule has 2 heterocycles. The number of para-hydroxylation sites is 1. The molecule has 4 rings (SSSR count). The highest BCUT2D eigenvalue weighted by Crippen LogP contribution is 2.38. The van der Waals surface area contributed by atoms with Crippen LogP contribution in [0.5, 0.6) is 0 Å². The van der Waals surface area contributed by atoms with Crippen molar-refractivity contribution in [1.82, 2.24) is 9.78 Å². The predicted octanol–water partition coefficient (Wildman–Crippen LogP) is 5.46. The van der Waals surface area contributed by atoms with Gasteiger partial charge in [-0.1, -0.05) is 37.3 Å². The van der Waals surface area contributed by atoms with Crippen molar-refractivity contribution in [3.8, 4) is 26.7 Å². The van der Waals surface area contributed by atoms with Gasteiger partial charge in [0.05, 0.1) is 26.8 Å². The van der Waals surface area contributed by atoms with Gasteiger partial charge in [0, 0.05) is 11.1 Å². The monoisotopic (exact) mass is 466 g/mol. The molecule has 0 unspecified atom stereocenters. The predicted molar refractivity (Wildman–Crippen MR) is 130 cm³/mol. The quantitative estimate of drug-likeness (QED) is 0.409. The minimum atomic E-state index is -3.28. The zero-order chi connectivity index (χ0) is 23.1. The highest BCUT2D eigenvalue weighted by atomic mass is 32.2. The van der Waals surface area contributed by atoms with Gasteiger partial charge in [-0.15, -0.1) is 11.3 Å². The molecular weight excluding hydrogens is 440 g/mol. The van der Waals surface area contributed by atoms with Crippen molar-refractivity contribution in [1.29, 1.82) is 0 Å². The van der Waals surface area contributed by atoms with Crippen molar-refractivity contribution in [3.05, 3.63) is 78.0 Å². The second-order valence-corrected chi connectivity index (χ2v) is 11.4. The Bertz CT molecular complexity index is 1380. The molecule has 2 aromatic carbocycles. The van der Waals surface area contributed by atoms with Gasteiger partial charge in [-0.3, -0.25) is 0 Å². The normalized spacial score (nSPS) is 12.3. The zero-order valence-corrected chi connectivity index (χ0v) is 20.2. The van der Waals surface area contributed by atoms with Crippen molar-refractivity contribution in [3.63, 3.8) is 0 Å². The maximum absolute atomic E-state index is 12.0. The average Bonchev–Trinajstić information content (AvgIpc) is 3.40. The molecule has 0 radical (unpaired) electrons. The SMILES string of the molecule is CCc1ccccc1-n1nc(C(C)(C)O)cc1-c1ccc(-c2cccc(S(C)(=O)=O)c2)s1. The molecule has 5 nitrogen and oxygen atoms in total. The van der Waals surface area contributed by atoms with Gasteiger partial charge in [0.1, 0.15) is 5.60 Å². The Hall–Kier alpha value is -2.74. The summed E-state index contributed by atoms with van der Waals surface area (Å²) in [6.07, 6.45) is 2.08. The molecule has 0 fully saturated rings. The Kier molecular flexibility index (Phi) is 5.83. The van der Waals surface area contributed by atoms with Crippen LogP contribution >= 0.6 is 11.3 Å². The molecule has 0 atom stereocenters. The van der Waals surface area contributed by atoms with Crippen molar-refractivity contribution in [2.24, 2.45) is 0 Å². The van der Waals surface area contributed by atoms with Gasteiger partial charge in [0.2, 0.25) is 0 Å². The third kappa shape index (κ3) is 4.41. The summed E-state index contributed by atoms with van der Waals surface area (Å²) >= 11 is 1.57. The fourth-order valence-corrected chi connectivity index (χ4v) is 5.24. The van der Waals surface area contributed by atoms with Crippen LogP contribution in [0.25, 0.3) is 26.7 Å². The number of aromatic nitrogens is 2. The second-order valence-electron chi connectivity index (χ2n) is 8.33. The molecule has 2 aromatic heterocycles. The van der Waals surface area contributed by atoms with E-state index in [-0.39, 0.29) is 0 Å². The first kappa shape index (κ1) is 22.5. The van der Waals surface area contributed by atoms with Crippen molar-refractivity contribution < 1.29 is 13.5 Å². The van der Waals surface area contributed by atoms with E-state index in [1.165, 1.54) is 6.26 Å². The summed E-state index contributed by atoms with van der Waals surface area (Å²) in [7, 11) is -3.28. The zero-order valence-electron chi connectivity index (χ0n) is 18.5. The number of aliphatic hydroxyl groups is 1. The number of hydrogen-bond acceptors (Lipinski definition) is 5. The number of nitrogens with zero attached hydrogens (tertiary/aromatic N) is 2. The molecule has 0 spiro atoms. The van der Waals surface area contributed by atoms with Gasteiger partial charge < -0.3 is 5.11 Å². The maximum atomic E-state index is 12.0. The standard InChI is InChI=1S/C25H26N2O3S2/c1-5-17-9-6-7-12-20(17)27-21(16-24(26-27)25(2,3)28)23-14-13-22(31-23)18-10-8-11-19(15-18)32(4,29)30/h6-16,28H,5H2,1-4H3. The Balaban J connectivity index is 1.85. The van der Waals surface area contributed by atoms with E-state index in [1.807, 2.05) is 47.1 Å². The van der Waals surface area contributed by atoms with Crippen LogP contribution in [0.4, 0.5) is 0 Å². The topological polar surface area (TPSA) is 72.2 Å². The molecular formula is C25H26N2O3S2.